The lowest BCUT2D eigenvalue weighted by Crippen LogP contribution is -2.28. The van der Waals surface area contributed by atoms with E-state index in [0.717, 1.165) is 6.42 Å². The van der Waals surface area contributed by atoms with E-state index in [9.17, 15) is 13.2 Å². The summed E-state index contributed by atoms with van der Waals surface area (Å²) in [4.78, 5) is 11.9. The van der Waals surface area contributed by atoms with Crippen LogP contribution in [0.3, 0.4) is 0 Å². The molecule has 0 saturated carbocycles. The molecule has 0 aliphatic heterocycles. The fraction of sp³-hybridized carbons (Fsp3) is 0.583. The number of aromatic nitrogens is 1. The number of hydrogen-bond donors (Lipinski definition) is 1. The molecule has 19 heavy (non-hydrogen) atoms. The van der Waals surface area contributed by atoms with Crippen LogP contribution in [0.5, 0.6) is 0 Å². The molecule has 1 heterocycles. The van der Waals surface area contributed by atoms with Gasteiger partial charge in [-0.1, -0.05) is 20.8 Å². The van der Waals surface area contributed by atoms with Gasteiger partial charge in [0, 0.05) is 30.5 Å². The highest BCUT2D eigenvalue weighted by Crippen LogP contribution is 2.19. The molecular weight excluding hydrogens is 288 g/mol. The van der Waals surface area contributed by atoms with Crippen molar-refractivity contribution in [1.82, 2.24) is 9.88 Å². The van der Waals surface area contributed by atoms with Gasteiger partial charge in [0.25, 0.3) is 15.0 Å². The van der Waals surface area contributed by atoms with Crippen LogP contribution in [0.1, 0.15) is 37.7 Å². The first-order chi connectivity index (χ1) is 8.50. The van der Waals surface area contributed by atoms with Gasteiger partial charge in [-0.15, -0.1) is 0 Å². The highest BCUT2D eigenvalue weighted by Gasteiger charge is 2.18. The number of rotatable bonds is 4. The molecule has 0 saturated heterocycles. The Hall–Kier alpha value is -1.01. The van der Waals surface area contributed by atoms with Crippen LogP contribution in [-0.2, 0) is 16.1 Å². The predicted molar refractivity (Wildman–Crippen MR) is 74.9 cm³/mol. The van der Waals surface area contributed by atoms with Gasteiger partial charge < -0.3 is 9.88 Å². The summed E-state index contributed by atoms with van der Waals surface area (Å²) in [6, 6.07) is 1.27. The molecule has 108 valence electrons. The van der Waals surface area contributed by atoms with Gasteiger partial charge >= 0.3 is 0 Å². The molecule has 0 atom stereocenters. The van der Waals surface area contributed by atoms with Crippen LogP contribution in [-0.4, -0.2) is 25.4 Å². The Labute approximate surface area is 118 Å². The van der Waals surface area contributed by atoms with Gasteiger partial charge in [0.05, 0.1) is 0 Å². The van der Waals surface area contributed by atoms with E-state index in [1.54, 1.807) is 7.05 Å². The van der Waals surface area contributed by atoms with Crippen LogP contribution in [0.25, 0.3) is 0 Å². The summed E-state index contributed by atoms with van der Waals surface area (Å²) in [6.07, 6.45) is 2.16. The lowest BCUT2D eigenvalue weighted by atomic mass is 9.92. The van der Waals surface area contributed by atoms with Crippen molar-refractivity contribution in [3.05, 3.63) is 18.0 Å². The average molecular weight is 307 g/mol. The number of aryl methyl sites for hydroxylation is 1. The molecular formula is C12H19ClN2O3S. The van der Waals surface area contributed by atoms with Gasteiger partial charge in [-0.25, -0.2) is 8.42 Å². The highest BCUT2D eigenvalue weighted by atomic mass is 35.7. The molecule has 1 rings (SSSR count). The quantitative estimate of drug-likeness (QED) is 0.866. The van der Waals surface area contributed by atoms with Crippen LogP contribution in [0.15, 0.2) is 17.2 Å². The normalized spacial score (nSPS) is 12.5. The SMILES string of the molecule is Cn1cc(S(=O)(=O)Cl)cc1C(=O)NCCC(C)(C)C. The minimum atomic E-state index is -3.81. The third-order valence-corrected chi connectivity index (χ3v) is 3.98. The van der Waals surface area contributed by atoms with Crippen LogP contribution in [0.4, 0.5) is 0 Å². The molecule has 0 aromatic carbocycles. The van der Waals surface area contributed by atoms with Gasteiger partial charge in [0.1, 0.15) is 10.6 Å². The molecule has 0 bridgehead atoms. The summed E-state index contributed by atoms with van der Waals surface area (Å²) in [5.41, 5.74) is 0.402. The van der Waals surface area contributed by atoms with E-state index in [1.807, 2.05) is 0 Å². The van der Waals surface area contributed by atoms with Crippen molar-refractivity contribution in [1.29, 1.82) is 0 Å². The number of nitrogens with zero attached hydrogens (tertiary/aromatic N) is 1. The second-order valence-corrected chi connectivity index (χ2v) is 8.24. The molecule has 0 aliphatic carbocycles. The fourth-order valence-electron chi connectivity index (χ4n) is 1.53. The zero-order valence-corrected chi connectivity index (χ0v) is 13.1. The van der Waals surface area contributed by atoms with Crippen LogP contribution < -0.4 is 5.32 Å². The molecule has 1 N–H and O–H groups in total. The van der Waals surface area contributed by atoms with Crippen molar-refractivity contribution < 1.29 is 13.2 Å². The third-order valence-electron chi connectivity index (χ3n) is 2.65. The molecule has 0 radical (unpaired) electrons. The number of hydrogen-bond acceptors (Lipinski definition) is 3. The maximum atomic E-state index is 11.9. The van der Waals surface area contributed by atoms with Crippen molar-refractivity contribution in [3.8, 4) is 0 Å². The van der Waals surface area contributed by atoms with Gasteiger partial charge in [-0.2, -0.15) is 0 Å². The van der Waals surface area contributed by atoms with E-state index < -0.39 is 9.05 Å². The topological polar surface area (TPSA) is 68.2 Å². The molecule has 0 unspecified atom stereocenters. The Balaban J connectivity index is 2.76. The molecule has 1 aromatic heterocycles. The summed E-state index contributed by atoms with van der Waals surface area (Å²) in [5.74, 6) is -0.307. The number of carbonyl (C=O) groups is 1. The number of halogens is 1. The first-order valence-corrected chi connectivity index (χ1v) is 8.21. The zero-order chi connectivity index (χ0) is 14.8. The smallest absolute Gasteiger partial charge is 0.267 e. The lowest BCUT2D eigenvalue weighted by Gasteiger charge is -2.18. The van der Waals surface area contributed by atoms with Crippen molar-refractivity contribution in [2.45, 2.75) is 32.1 Å². The molecule has 1 aromatic rings. The predicted octanol–water partition coefficient (Wildman–Crippen LogP) is 2.12. The van der Waals surface area contributed by atoms with Crippen molar-refractivity contribution in [2.75, 3.05) is 6.54 Å². The van der Waals surface area contributed by atoms with Gasteiger partial charge in [-0.05, 0) is 17.9 Å². The second kappa shape index (κ2) is 5.54. The molecule has 5 nitrogen and oxygen atoms in total. The molecule has 0 fully saturated rings. The first-order valence-electron chi connectivity index (χ1n) is 5.90. The Morgan fingerprint density at radius 1 is 1.42 bits per heavy atom. The zero-order valence-electron chi connectivity index (χ0n) is 11.5. The Kier molecular flexibility index (Phi) is 4.68. The number of amides is 1. The Morgan fingerprint density at radius 2 is 2.00 bits per heavy atom. The third kappa shape index (κ3) is 4.87. The summed E-state index contributed by atoms with van der Waals surface area (Å²) in [6.45, 7) is 6.79. The second-order valence-electron chi connectivity index (χ2n) is 5.68. The van der Waals surface area contributed by atoms with Crippen molar-refractivity contribution in [2.24, 2.45) is 12.5 Å². The Bertz CT molecular complexity index is 570. The van der Waals surface area contributed by atoms with Gasteiger partial charge in [0.15, 0.2) is 0 Å². The number of nitrogens with one attached hydrogen (secondary N) is 1. The maximum Gasteiger partial charge on any atom is 0.267 e. The first kappa shape index (κ1) is 16.0. The van der Waals surface area contributed by atoms with Crippen molar-refractivity contribution in [3.63, 3.8) is 0 Å². The maximum absolute atomic E-state index is 11.9. The standard InChI is InChI=1S/C12H19ClN2O3S/c1-12(2,3)5-6-14-11(16)10-7-9(8-15(10)4)19(13,17)18/h7-8H,5-6H2,1-4H3,(H,14,16). The monoisotopic (exact) mass is 306 g/mol. The van der Waals surface area contributed by atoms with E-state index in [1.165, 1.54) is 16.8 Å². The molecule has 0 spiro atoms. The van der Waals surface area contributed by atoms with E-state index in [2.05, 4.69) is 26.1 Å². The van der Waals surface area contributed by atoms with Crippen LogP contribution in [0.2, 0.25) is 0 Å². The van der Waals surface area contributed by atoms with E-state index in [-0.39, 0.29) is 21.9 Å². The average Bonchev–Trinajstić information content (AvgIpc) is 2.57. The number of carbonyl (C=O) groups excluding carboxylic acids is 1. The highest BCUT2D eigenvalue weighted by molar-refractivity contribution is 8.13. The van der Waals surface area contributed by atoms with Gasteiger partial charge in [-0.3, -0.25) is 4.79 Å². The summed E-state index contributed by atoms with van der Waals surface area (Å²) in [7, 11) is 3.03. The lowest BCUT2D eigenvalue weighted by molar-refractivity contribution is 0.0941. The van der Waals surface area contributed by atoms with Crippen LogP contribution in [0, 0.1) is 5.41 Å². The van der Waals surface area contributed by atoms with E-state index in [4.69, 9.17) is 10.7 Å². The molecule has 7 heteroatoms. The minimum absolute atomic E-state index is 0.0716. The van der Waals surface area contributed by atoms with Gasteiger partial charge in [0.2, 0.25) is 0 Å². The summed E-state index contributed by atoms with van der Waals surface area (Å²) in [5, 5.41) is 2.76. The minimum Gasteiger partial charge on any atom is -0.351 e. The molecule has 1 amide bonds. The van der Waals surface area contributed by atoms with Crippen molar-refractivity contribution >= 4 is 25.6 Å². The Morgan fingerprint density at radius 3 is 2.42 bits per heavy atom. The van der Waals surface area contributed by atoms with E-state index >= 15 is 0 Å². The van der Waals surface area contributed by atoms with E-state index in [0.29, 0.717) is 6.54 Å². The molecule has 0 aliphatic rings. The largest absolute Gasteiger partial charge is 0.351 e. The van der Waals surface area contributed by atoms with Crippen LogP contribution >= 0.6 is 10.7 Å². The summed E-state index contributed by atoms with van der Waals surface area (Å²) >= 11 is 0. The fourth-order valence-corrected chi connectivity index (χ4v) is 2.32. The summed E-state index contributed by atoms with van der Waals surface area (Å²) < 4.78 is 23.8.